The maximum absolute atomic E-state index is 11.9. The van der Waals surface area contributed by atoms with Gasteiger partial charge in [0, 0.05) is 18.8 Å². The highest BCUT2D eigenvalue weighted by Gasteiger charge is 2.13. The van der Waals surface area contributed by atoms with E-state index in [9.17, 15) is 13.6 Å². The summed E-state index contributed by atoms with van der Waals surface area (Å²) in [5.41, 5.74) is 1.24. The van der Waals surface area contributed by atoms with Crippen molar-refractivity contribution in [3.63, 3.8) is 0 Å². The predicted octanol–water partition coefficient (Wildman–Crippen LogP) is 1.25. The van der Waals surface area contributed by atoms with Gasteiger partial charge in [0.15, 0.2) is 5.03 Å². The van der Waals surface area contributed by atoms with E-state index in [1.54, 1.807) is 18.2 Å². The summed E-state index contributed by atoms with van der Waals surface area (Å²) < 4.78 is 26.0. The van der Waals surface area contributed by atoms with Crippen LogP contribution in [0.4, 0.5) is 10.5 Å². The molecule has 0 saturated carbocycles. The van der Waals surface area contributed by atoms with Crippen molar-refractivity contribution in [2.45, 2.75) is 18.0 Å². The summed E-state index contributed by atoms with van der Waals surface area (Å²) in [6, 6.07) is 9.16. The number of anilines is 1. The minimum atomic E-state index is -2.46. The molecule has 30 heavy (non-hydrogen) atoms. The van der Waals surface area contributed by atoms with Gasteiger partial charge in [-0.25, -0.2) is 14.0 Å². The molecule has 2 atom stereocenters. The molecular formula is C18H19N7O4S. The lowest BCUT2D eigenvalue weighted by atomic mass is 10.2. The minimum absolute atomic E-state index is 0.0265. The van der Waals surface area contributed by atoms with Crippen LogP contribution >= 0.6 is 0 Å². The summed E-state index contributed by atoms with van der Waals surface area (Å²) in [5.74, 6) is 0. The Labute approximate surface area is 175 Å². The van der Waals surface area contributed by atoms with Crippen molar-refractivity contribution in [2.75, 3.05) is 25.2 Å². The number of ether oxygens (including phenoxy) is 1. The van der Waals surface area contributed by atoms with E-state index >= 15 is 0 Å². The van der Waals surface area contributed by atoms with Gasteiger partial charge < -0.3 is 19.9 Å². The van der Waals surface area contributed by atoms with Crippen molar-refractivity contribution in [1.82, 2.24) is 20.6 Å². The maximum Gasteiger partial charge on any atom is 0.319 e. The van der Waals surface area contributed by atoms with Crippen LogP contribution in [0, 0.1) is 22.7 Å². The Kier molecular flexibility index (Phi) is 8.80. The highest BCUT2D eigenvalue weighted by atomic mass is 32.2. The number of hydrogen-bond acceptors (Lipinski definition) is 8. The largest absolute Gasteiger partial charge is 0.364 e. The average molecular weight is 429 g/mol. The van der Waals surface area contributed by atoms with Crippen molar-refractivity contribution >= 4 is 22.8 Å². The highest BCUT2D eigenvalue weighted by Crippen LogP contribution is 2.16. The SMILES string of the molecule is C[C@H](NCOCCNC(=O)Nc1ccc(C#N)nc1S(=O)O)c1ccc(C#N)cn1. The molecule has 2 aromatic heterocycles. The van der Waals surface area contributed by atoms with Gasteiger partial charge in [-0.2, -0.15) is 10.5 Å². The second kappa shape index (κ2) is 11.5. The van der Waals surface area contributed by atoms with E-state index in [-0.39, 0.29) is 42.3 Å². The molecule has 2 heterocycles. The Morgan fingerprint density at radius 2 is 2.10 bits per heavy atom. The van der Waals surface area contributed by atoms with Gasteiger partial charge in [-0.1, -0.05) is 0 Å². The van der Waals surface area contributed by atoms with E-state index in [1.807, 2.05) is 13.0 Å². The van der Waals surface area contributed by atoms with Crippen LogP contribution in [-0.2, 0) is 15.8 Å². The van der Waals surface area contributed by atoms with Gasteiger partial charge in [0.1, 0.15) is 17.8 Å². The van der Waals surface area contributed by atoms with Crippen molar-refractivity contribution in [1.29, 1.82) is 10.5 Å². The molecule has 2 amide bonds. The average Bonchev–Trinajstić information content (AvgIpc) is 2.76. The first-order valence-corrected chi connectivity index (χ1v) is 9.79. The molecule has 0 radical (unpaired) electrons. The van der Waals surface area contributed by atoms with Crippen LogP contribution in [0.2, 0.25) is 0 Å². The molecule has 156 valence electrons. The number of nitrogens with one attached hydrogen (secondary N) is 3. The summed E-state index contributed by atoms with van der Waals surface area (Å²) in [6.45, 7) is 2.54. The summed E-state index contributed by atoms with van der Waals surface area (Å²) in [5, 5.41) is 25.3. The summed E-state index contributed by atoms with van der Waals surface area (Å²) >= 11 is -2.46. The topological polar surface area (TPSA) is 173 Å². The lowest BCUT2D eigenvalue weighted by molar-refractivity contribution is 0.112. The zero-order chi connectivity index (χ0) is 21.9. The Morgan fingerprint density at radius 3 is 2.73 bits per heavy atom. The van der Waals surface area contributed by atoms with E-state index < -0.39 is 17.1 Å². The lowest BCUT2D eigenvalue weighted by Crippen LogP contribution is -2.33. The highest BCUT2D eigenvalue weighted by molar-refractivity contribution is 7.79. The molecule has 0 fully saturated rings. The van der Waals surface area contributed by atoms with Crippen LogP contribution in [0.3, 0.4) is 0 Å². The normalized spacial score (nSPS) is 12.3. The van der Waals surface area contributed by atoms with Gasteiger partial charge in [0.25, 0.3) is 0 Å². The van der Waals surface area contributed by atoms with Crippen molar-refractivity contribution in [3.8, 4) is 12.1 Å². The number of aromatic nitrogens is 2. The van der Waals surface area contributed by atoms with Crippen molar-refractivity contribution in [2.24, 2.45) is 0 Å². The maximum atomic E-state index is 11.9. The molecule has 0 bridgehead atoms. The molecule has 2 aromatic rings. The monoisotopic (exact) mass is 429 g/mol. The number of carbonyl (C=O) groups excluding carboxylic acids is 1. The molecular weight excluding hydrogens is 410 g/mol. The van der Waals surface area contributed by atoms with Crippen LogP contribution in [0.15, 0.2) is 35.5 Å². The fourth-order valence-corrected chi connectivity index (χ4v) is 2.71. The quantitative estimate of drug-likeness (QED) is 0.260. The van der Waals surface area contributed by atoms with E-state index in [0.29, 0.717) is 5.56 Å². The molecule has 1 unspecified atom stereocenters. The number of urea groups is 1. The zero-order valence-corrected chi connectivity index (χ0v) is 16.8. The van der Waals surface area contributed by atoms with Gasteiger partial charge in [-0.05, 0) is 31.2 Å². The van der Waals surface area contributed by atoms with Crippen LogP contribution in [0.1, 0.15) is 29.9 Å². The Balaban J connectivity index is 1.69. The van der Waals surface area contributed by atoms with Gasteiger partial charge in [-0.3, -0.25) is 10.3 Å². The number of amides is 2. The third-order valence-corrected chi connectivity index (χ3v) is 4.41. The summed E-state index contributed by atoms with van der Waals surface area (Å²) in [7, 11) is 0. The first-order valence-electron chi connectivity index (χ1n) is 8.68. The van der Waals surface area contributed by atoms with Gasteiger partial charge in [-0.15, -0.1) is 0 Å². The Hall–Kier alpha value is -3.42. The second-order valence-corrected chi connectivity index (χ2v) is 6.74. The number of pyridine rings is 2. The van der Waals surface area contributed by atoms with Crippen LogP contribution in [0.5, 0.6) is 0 Å². The number of nitrogens with zero attached hydrogens (tertiary/aromatic N) is 4. The third-order valence-electron chi connectivity index (χ3n) is 3.77. The molecule has 0 spiro atoms. The van der Waals surface area contributed by atoms with E-state index in [4.69, 9.17) is 15.3 Å². The lowest BCUT2D eigenvalue weighted by Gasteiger charge is -2.14. The number of rotatable bonds is 9. The fourth-order valence-electron chi connectivity index (χ4n) is 2.22. The van der Waals surface area contributed by atoms with E-state index in [0.717, 1.165) is 5.69 Å². The molecule has 0 saturated heterocycles. The molecule has 12 heteroatoms. The number of nitriles is 2. The zero-order valence-electron chi connectivity index (χ0n) is 16.0. The number of carbonyl (C=O) groups is 1. The van der Waals surface area contributed by atoms with Crippen molar-refractivity contribution in [3.05, 3.63) is 47.4 Å². The summed E-state index contributed by atoms with van der Waals surface area (Å²) in [6.07, 6.45) is 1.50. The van der Waals surface area contributed by atoms with Crippen LogP contribution in [0.25, 0.3) is 0 Å². The molecule has 0 aliphatic heterocycles. The standard InChI is InChI=1S/C18H19N7O4S/c1-12(15-4-2-13(8-19)10-22-15)23-11-29-7-6-21-18(26)25-16-5-3-14(9-20)24-17(16)30(27)28/h2-5,10,12,23H,6-7,11H2,1H3,(H,27,28)(H2,21,25,26)/t12-/m0/s1. The first-order chi connectivity index (χ1) is 14.4. The molecule has 4 N–H and O–H groups in total. The van der Waals surface area contributed by atoms with E-state index in [1.165, 1.54) is 18.3 Å². The third kappa shape index (κ3) is 6.88. The molecule has 11 nitrogen and oxygen atoms in total. The van der Waals surface area contributed by atoms with Gasteiger partial charge in [0.05, 0.1) is 30.3 Å². The fraction of sp³-hybridized carbons (Fsp3) is 0.278. The molecule has 0 aliphatic carbocycles. The summed E-state index contributed by atoms with van der Waals surface area (Å²) in [4.78, 5) is 19.8. The molecule has 2 rings (SSSR count). The number of hydrogen-bond donors (Lipinski definition) is 4. The van der Waals surface area contributed by atoms with Crippen molar-refractivity contribution < 1.29 is 18.3 Å². The van der Waals surface area contributed by atoms with E-state index in [2.05, 4.69) is 25.9 Å². The van der Waals surface area contributed by atoms with Crippen LogP contribution < -0.4 is 16.0 Å². The minimum Gasteiger partial charge on any atom is -0.364 e. The smallest absolute Gasteiger partial charge is 0.319 e. The van der Waals surface area contributed by atoms with Gasteiger partial charge in [0.2, 0.25) is 11.1 Å². The van der Waals surface area contributed by atoms with Gasteiger partial charge >= 0.3 is 6.03 Å². The molecule has 0 aliphatic rings. The first kappa shape index (κ1) is 22.9. The van der Waals surface area contributed by atoms with Crippen LogP contribution in [-0.4, -0.2) is 44.6 Å². The predicted molar refractivity (Wildman–Crippen MR) is 106 cm³/mol. The molecule has 0 aromatic carbocycles. The Bertz CT molecular complexity index is 986. The Morgan fingerprint density at radius 1 is 1.30 bits per heavy atom. The second-order valence-electron chi connectivity index (χ2n) is 5.85.